The lowest BCUT2D eigenvalue weighted by atomic mass is 10.1. The molecule has 0 unspecified atom stereocenters. The molecule has 0 atom stereocenters. The van der Waals surface area contributed by atoms with E-state index in [1.165, 1.54) is 12.1 Å². The fourth-order valence-electron chi connectivity index (χ4n) is 1.91. The van der Waals surface area contributed by atoms with E-state index in [1.54, 1.807) is 18.3 Å². The first-order valence-electron chi connectivity index (χ1n) is 6.67. The number of nitrogens with two attached hydrogens (primary N) is 1. The summed E-state index contributed by atoms with van der Waals surface area (Å²) in [5.74, 6) is 0.388. The number of anilines is 1. The Balaban J connectivity index is 2.30. The quantitative estimate of drug-likeness (QED) is 0.842. The number of nitrogens with zero attached hydrogens (tertiary/aromatic N) is 1. The molecule has 0 fully saturated rings. The second kappa shape index (κ2) is 6.13. The Morgan fingerprint density at radius 2 is 1.86 bits per heavy atom. The maximum atomic E-state index is 12.4. The van der Waals surface area contributed by atoms with E-state index < -0.39 is 10.0 Å². The molecule has 0 saturated carbocycles. The summed E-state index contributed by atoms with van der Waals surface area (Å²) in [5, 5.41) is 0. The van der Waals surface area contributed by atoms with Crippen molar-refractivity contribution in [2.24, 2.45) is 4.99 Å². The number of benzene rings is 1. The number of sulfonamides is 1. The van der Waals surface area contributed by atoms with E-state index >= 15 is 0 Å². The van der Waals surface area contributed by atoms with E-state index in [2.05, 4.69) is 15.8 Å². The van der Waals surface area contributed by atoms with Crippen molar-refractivity contribution in [3.05, 3.63) is 47.3 Å². The molecule has 6 heteroatoms. The Bertz CT molecular complexity index is 714. The van der Waals surface area contributed by atoms with Crippen molar-refractivity contribution in [1.82, 2.24) is 4.72 Å². The standard InChI is InChI=1S/C15H19N3O2S/c1-11-4-3-5-12(2)15(17-10-11)18-21(19,20)14-8-6-13(16)7-9-14/h4,6-10,18H,3,5,16H2,1-2H3/b11-4-,15-12-,17-10-. The molecule has 3 N–H and O–H groups in total. The van der Waals surface area contributed by atoms with E-state index in [-0.39, 0.29) is 4.90 Å². The van der Waals surface area contributed by atoms with Crippen molar-refractivity contribution in [3.63, 3.8) is 0 Å². The molecule has 0 aromatic heterocycles. The largest absolute Gasteiger partial charge is 0.399 e. The summed E-state index contributed by atoms with van der Waals surface area (Å²) in [4.78, 5) is 4.41. The maximum Gasteiger partial charge on any atom is 0.263 e. The molecule has 0 spiro atoms. The highest BCUT2D eigenvalue weighted by atomic mass is 32.2. The number of aliphatic imine (C=N–C) groups is 1. The third-order valence-electron chi connectivity index (χ3n) is 3.21. The van der Waals surface area contributed by atoms with Crippen LogP contribution in [0.15, 0.2) is 57.2 Å². The molecule has 0 aliphatic carbocycles. The molecule has 0 saturated heterocycles. The molecule has 1 heterocycles. The topological polar surface area (TPSA) is 84.5 Å². The van der Waals surface area contributed by atoms with Crippen LogP contribution in [0.4, 0.5) is 5.69 Å². The van der Waals surface area contributed by atoms with Crippen LogP contribution in [-0.4, -0.2) is 14.6 Å². The number of nitrogen functional groups attached to an aromatic ring is 1. The Morgan fingerprint density at radius 1 is 1.19 bits per heavy atom. The van der Waals surface area contributed by atoms with Gasteiger partial charge in [0.1, 0.15) is 5.82 Å². The summed E-state index contributed by atoms with van der Waals surface area (Å²) in [6, 6.07) is 6.07. The highest BCUT2D eigenvalue weighted by Crippen LogP contribution is 2.18. The molecule has 1 aromatic carbocycles. The van der Waals surface area contributed by atoms with E-state index in [9.17, 15) is 8.42 Å². The van der Waals surface area contributed by atoms with Gasteiger partial charge in [-0.3, -0.25) is 4.72 Å². The van der Waals surface area contributed by atoms with Crippen LogP contribution in [0, 0.1) is 0 Å². The number of rotatable bonds is 3. The number of hydrogen-bond donors (Lipinski definition) is 2. The van der Waals surface area contributed by atoms with Crippen molar-refractivity contribution in [3.8, 4) is 0 Å². The molecule has 0 radical (unpaired) electrons. The maximum absolute atomic E-state index is 12.4. The van der Waals surface area contributed by atoms with Gasteiger partial charge in [0.15, 0.2) is 0 Å². The molecular formula is C15H19N3O2S. The van der Waals surface area contributed by atoms with Crippen LogP contribution in [0.1, 0.15) is 26.7 Å². The lowest BCUT2D eigenvalue weighted by molar-refractivity contribution is 0.587. The normalized spacial score (nSPS) is 23.6. The first-order chi connectivity index (χ1) is 9.88. The van der Waals surface area contributed by atoms with Gasteiger partial charge in [0.2, 0.25) is 0 Å². The predicted molar refractivity (Wildman–Crippen MR) is 85.4 cm³/mol. The van der Waals surface area contributed by atoms with Gasteiger partial charge in [-0.25, -0.2) is 13.4 Å². The smallest absolute Gasteiger partial charge is 0.263 e. The van der Waals surface area contributed by atoms with Crippen molar-refractivity contribution in [1.29, 1.82) is 0 Å². The average Bonchev–Trinajstić information content (AvgIpc) is 2.42. The van der Waals surface area contributed by atoms with Crippen LogP contribution >= 0.6 is 0 Å². The highest BCUT2D eigenvalue weighted by molar-refractivity contribution is 7.89. The van der Waals surface area contributed by atoms with Gasteiger partial charge in [-0.15, -0.1) is 0 Å². The monoisotopic (exact) mass is 305 g/mol. The zero-order valence-corrected chi connectivity index (χ0v) is 12.9. The SMILES string of the molecule is CC1=C/CC/C(C)=C(NS(=O)(=O)c2ccc(N)cc2)/N=C\1. The lowest BCUT2D eigenvalue weighted by Crippen LogP contribution is -2.23. The van der Waals surface area contributed by atoms with Crippen LogP contribution in [0.2, 0.25) is 0 Å². The van der Waals surface area contributed by atoms with Crippen molar-refractivity contribution >= 4 is 21.9 Å². The van der Waals surface area contributed by atoms with Crippen LogP contribution < -0.4 is 10.5 Å². The van der Waals surface area contributed by atoms with Gasteiger partial charge in [0.25, 0.3) is 10.0 Å². The summed E-state index contributed by atoms with van der Waals surface area (Å²) in [6.45, 7) is 3.82. The summed E-state index contributed by atoms with van der Waals surface area (Å²) in [5.41, 5.74) is 8.03. The molecule has 21 heavy (non-hydrogen) atoms. The van der Waals surface area contributed by atoms with Gasteiger partial charge in [-0.05, 0) is 62.1 Å². The van der Waals surface area contributed by atoms with E-state index in [0.717, 1.165) is 24.0 Å². The zero-order valence-electron chi connectivity index (χ0n) is 12.1. The minimum Gasteiger partial charge on any atom is -0.399 e. The zero-order chi connectivity index (χ0) is 15.5. The van der Waals surface area contributed by atoms with E-state index in [0.29, 0.717) is 11.5 Å². The Kier molecular flexibility index (Phi) is 4.47. The second-order valence-corrected chi connectivity index (χ2v) is 6.73. The van der Waals surface area contributed by atoms with Gasteiger partial charge in [0.05, 0.1) is 4.90 Å². The fourth-order valence-corrected chi connectivity index (χ4v) is 3.00. The summed E-state index contributed by atoms with van der Waals surface area (Å²) in [6.07, 6.45) is 5.40. The van der Waals surface area contributed by atoms with Crippen LogP contribution in [0.25, 0.3) is 0 Å². The van der Waals surface area contributed by atoms with Crippen LogP contribution in [-0.2, 0) is 10.0 Å². The highest BCUT2D eigenvalue weighted by Gasteiger charge is 2.16. The first kappa shape index (κ1) is 15.3. The average molecular weight is 305 g/mol. The number of nitrogens with one attached hydrogen (secondary N) is 1. The van der Waals surface area contributed by atoms with E-state index in [1.807, 2.05) is 13.8 Å². The lowest BCUT2D eigenvalue weighted by Gasteiger charge is -2.13. The van der Waals surface area contributed by atoms with Gasteiger partial charge in [0, 0.05) is 11.9 Å². The second-order valence-electron chi connectivity index (χ2n) is 5.05. The molecule has 1 aliphatic rings. The molecule has 1 aliphatic heterocycles. The van der Waals surface area contributed by atoms with Gasteiger partial charge >= 0.3 is 0 Å². The fraction of sp³-hybridized carbons (Fsp3) is 0.267. The number of hydrogen-bond acceptors (Lipinski definition) is 4. The molecule has 5 nitrogen and oxygen atoms in total. The predicted octanol–water partition coefficient (Wildman–Crippen LogP) is 2.59. The Morgan fingerprint density at radius 3 is 2.52 bits per heavy atom. The number of allylic oxidation sites excluding steroid dienone is 3. The Hall–Kier alpha value is -2.08. The third-order valence-corrected chi connectivity index (χ3v) is 4.56. The van der Waals surface area contributed by atoms with Crippen LogP contribution in [0.5, 0.6) is 0 Å². The van der Waals surface area contributed by atoms with Crippen molar-refractivity contribution in [2.75, 3.05) is 5.73 Å². The molecule has 112 valence electrons. The van der Waals surface area contributed by atoms with Crippen LogP contribution in [0.3, 0.4) is 0 Å². The minimum absolute atomic E-state index is 0.168. The molecular weight excluding hydrogens is 286 g/mol. The summed E-state index contributed by atoms with van der Waals surface area (Å²) < 4.78 is 27.3. The molecule has 2 rings (SSSR count). The minimum atomic E-state index is -3.65. The molecule has 1 aromatic rings. The first-order valence-corrected chi connectivity index (χ1v) is 8.16. The van der Waals surface area contributed by atoms with E-state index in [4.69, 9.17) is 5.73 Å². The Labute approximate surface area is 125 Å². The summed E-state index contributed by atoms with van der Waals surface area (Å²) >= 11 is 0. The van der Waals surface area contributed by atoms with Crippen molar-refractivity contribution < 1.29 is 8.42 Å². The third kappa shape index (κ3) is 3.95. The van der Waals surface area contributed by atoms with Crippen molar-refractivity contribution in [2.45, 2.75) is 31.6 Å². The van der Waals surface area contributed by atoms with Gasteiger partial charge < -0.3 is 5.73 Å². The van der Waals surface area contributed by atoms with Gasteiger partial charge in [-0.2, -0.15) is 0 Å². The molecule has 0 amide bonds. The molecule has 0 bridgehead atoms. The summed E-state index contributed by atoms with van der Waals surface area (Å²) in [7, 11) is -3.65. The van der Waals surface area contributed by atoms with Gasteiger partial charge in [-0.1, -0.05) is 6.08 Å².